The van der Waals surface area contributed by atoms with Gasteiger partial charge in [0.25, 0.3) is 5.91 Å². The number of ether oxygens (including phenoxy) is 3. The third-order valence-corrected chi connectivity index (χ3v) is 6.18. The zero-order chi connectivity index (χ0) is 28.5. The summed E-state index contributed by atoms with van der Waals surface area (Å²) in [6, 6.07) is 28.7. The lowest BCUT2D eigenvalue weighted by molar-refractivity contribution is -0.153. The predicted octanol–water partition coefficient (Wildman–Crippen LogP) is 6.51. The Kier molecular flexibility index (Phi) is 9.01. The molecule has 0 aliphatic rings. The molecule has 0 fully saturated rings. The molecule has 4 aromatic carbocycles. The third-order valence-electron chi connectivity index (χ3n) is 6.18. The number of rotatable bonds is 12. The smallest absolute Gasteiger partial charge is 0.348 e. The number of hydrogen-bond acceptors (Lipinski definition) is 5. The molecule has 7 nitrogen and oxygen atoms in total. The van der Waals surface area contributed by atoms with Gasteiger partial charge in [0, 0.05) is 18.7 Å². The van der Waals surface area contributed by atoms with Crippen LogP contribution in [0.4, 0.5) is 10.1 Å². The van der Waals surface area contributed by atoms with E-state index in [1.54, 1.807) is 29.2 Å². The van der Waals surface area contributed by atoms with Crippen LogP contribution in [0.2, 0.25) is 0 Å². The minimum Gasteiger partial charge on any atom is -0.484 e. The van der Waals surface area contributed by atoms with Crippen LogP contribution in [0.1, 0.15) is 19.4 Å². The maximum absolute atomic E-state index is 13.2. The van der Waals surface area contributed by atoms with Crippen molar-refractivity contribution in [3.05, 3.63) is 115 Å². The lowest BCUT2D eigenvalue weighted by Crippen LogP contribution is -2.43. The van der Waals surface area contributed by atoms with Gasteiger partial charge in [-0.2, -0.15) is 0 Å². The molecule has 40 heavy (non-hydrogen) atoms. The van der Waals surface area contributed by atoms with Crippen molar-refractivity contribution in [2.75, 3.05) is 18.1 Å². The Labute approximate surface area is 232 Å². The first-order valence-corrected chi connectivity index (χ1v) is 12.8. The summed E-state index contributed by atoms with van der Waals surface area (Å²) in [6.07, 6.45) is 0.0620. The number of aliphatic carboxylic acids is 1. The van der Waals surface area contributed by atoms with E-state index in [1.807, 2.05) is 61.5 Å². The van der Waals surface area contributed by atoms with Crippen LogP contribution in [0.5, 0.6) is 23.0 Å². The van der Waals surface area contributed by atoms with E-state index in [-0.39, 0.29) is 24.7 Å². The van der Waals surface area contributed by atoms with Gasteiger partial charge < -0.3 is 24.2 Å². The van der Waals surface area contributed by atoms with Crippen LogP contribution >= 0.6 is 0 Å². The summed E-state index contributed by atoms with van der Waals surface area (Å²) in [5, 5.41) is 9.79. The highest BCUT2D eigenvalue weighted by atomic mass is 19.1. The summed E-state index contributed by atoms with van der Waals surface area (Å²) < 4.78 is 30.4. The average molecular weight is 544 g/mol. The van der Waals surface area contributed by atoms with Crippen molar-refractivity contribution in [1.29, 1.82) is 0 Å². The Hall–Kier alpha value is -4.85. The van der Waals surface area contributed by atoms with E-state index in [0.717, 1.165) is 11.4 Å². The van der Waals surface area contributed by atoms with E-state index in [0.29, 0.717) is 23.6 Å². The van der Waals surface area contributed by atoms with E-state index in [1.165, 1.54) is 31.2 Å². The zero-order valence-electron chi connectivity index (χ0n) is 22.2. The fourth-order valence-electron chi connectivity index (χ4n) is 4.06. The number of anilines is 1. The second-order valence-corrected chi connectivity index (χ2v) is 9.25. The fourth-order valence-corrected chi connectivity index (χ4v) is 4.06. The first-order chi connectivity index (χ1) is 19.3. The molecule has 0 aromatic heterocycles. The number of carbonyl (C=O) groups is 2. The molecule has 0 aliphatic carbocycles. The lowest BCUT2D eigenvalue weighted by atomic mass is 9.96. The SMILES string of the molecule is CCN(C(=O)COc1ccc(CC(C)(Oc2ccc(F)cc2)C(=O)O)cc1)c1ccc(Oc2ccccc2)cc1. The van der Waals surface area contributed by atoms with Gasteiger partial charge in [-0.05, 0) is 92.2 Å². The minimum atomic E-state index is -1.57. The number of amides is 1. The number of likely N-dealkylation sites (N-methyl/N-ethyl adjacent to an activating group) is 1. The Morgan fingerprint density at radius 3 is 1.98 bits per heavy atom. The molecule has 1 amide bonds. The van der Waals surface area contributed by atoms with Gasteiger partial charge in [0.1, 0.15) is 28.8 Å². The van der Waals surface area contributed by atoms with Crippen molar-refractivity contribution in [2.45, 2.75) is 25.9 Å². The number of hydrogen-bond donors (Lipinski definition) is 1. The fraction of sp³-hybridized carbons (Fsp3) is 0.188. The molecule has 1 unspecified atom stereocenters. The van der Waals surface area contributed by atoms with Gasteiger partial charge in [-0.15, -0.1) is 0 Å². The highest BCUT2D eigenvalue weighted by Crippen LogP contribution is 2.26. The normalized spacial score (nSPS) is 12.2. The summed E-state index contributed by atoms with van der Waals surface area (Å²) >= 11 is 0. The van der Waals surface area contributed by atoms with Crippen molar-refractivity contribution < 1.29 is 33.3 Å². The standard InChI is InChI=1S/C32H30FNO6/c1-3-34(25-13-19-28(20-14-25)39-27-7-5-4-6-8-27)30(35)22-38-26-15-9-23(10-16-26)21-32(2,31(36)37)40-29-17-11-24(33)12-18-29/h4-20H,3,21-22H2,1-2H3,(H,36,37). The molecule has 0 aliphatic heterocycles. The van der Waals surface area contributed by atoms with E-state index >= 15 is 0 Å². The molecule has 4 aromatic rings. The number of benzene rings is 4. The van der Waals surface area contributed by atoms with Crippen LogP contribution in [0, 0.1) is 5.82 Å². The third kappa shape index (κ3) is 7.38. The number of halogens is 1. The Balaban J connectivity index is 1.33. The van der Waals surface area contributed by atoms with Gasteiger partial charge in [0.15, 0.2) is 6.61 Å². The molecule has 1 N–H and O–H groups in total. The van der Waals surface area contributed by atoms with E-state index in [4.69, 9.17) is 14.2 Å². The predicted molar refractivity (Wildman–Crippen MR) is 150 cm³/mol. The molecule has 0 spiro atoms. The average Bonchev–Trinajstić information content (AvgIpc) is 2.96. The summed E-state index contributed by atoms with van der Waals surface area (Å²) in [5.41, 5.74) is -0.154. The van der Waals surface area contributed by atoms with Crippen LogP contribution in [-0.2, 0) is 16.0 Å². The largest absolute Gasteiger partial charge is 0.484 e. The van der Waals surface area contributed by atoms with Crippen molar-refractivity contribution in [1.82, 2.24) is 0 Å². The number of para-hydroxylation sites is 1. The Morgan fingerprint density at radius 1 is 0.800 bits per heavy atom. The van der Waals surface area contributed by atoms with Crippen molar-refractivity contribution in [3.8, 4) is 23.0 Å². The number of carboxylic acids is 1. The highest BCUT2D eigenvalue weighted by Gasteiger charge is 2.36. The van der Waals surface area contributed by atoms with Crippen molar-refractivity contribution in [3.63, 3.8) is 0 Å². The molecular weight excluding hydrogens is 513 g/mol. The van der Waals surface area contributed by atoms with Crippen LogP contribution in [0.3, 0.4) is 0 Å². The van der Waals surface area contributed by atoms with Gasteiger partial charge in [0.05, 0.1) is 0 Å². The first-order valence-electron chi connectivity index (χ1n) is 12.8. The second-order valence-electron chi connectivity index (χ2n) is 9.25. The lowest BCUT2D eigenvalue weighted by Gasteiger charge is -2.26. The molecule has 0 saturated heterocycles. The van der Waals surface area contributed by atoms with E-state index < -0.39 is 17.4 Å². The van der Waals surface area contributed by atoms with Crippen LogP contribution < -0.4 is 19.1 Å². The zero-order valence-corrected chi connectivity index (χ0v) is 22.2. The molecule has 8 heteroatoms. The van der Waals surface area contributed by atoms with Gasteiger partial charge >= 0.3 is 5.97 Å². The van der Waals surface area contributed by atoms with Gasteiger partial charge in [-0.3, -0.25) is 4.79 Å². The quantitative estimate of drug-likeness (QED) is 0.219. The molecule has 0 heterocycles. The molecule has 4 rings (SSSR count). The van der Waals surface area contributed by atoms with Crippen molar-refractivity contribution in [2.24, 2.45) is 0 Å². The maximum atomic E-state index is 13.2. The van der Waals surface area contributed by atoms with E-state index in [2.05, 4.69) is 0 Å². The minimum absolute atomic E-state index is 0.0620. The van der Waals surface area contributed by atoms with Crippen LogP contribution in [0.15, 0.2) is 103 Å². The van der Waals surface area contributed by atoms with Gasteiger partial charge in [-0.25, -0.2) is 9.18 Å². The highest BCUT2D eigenvalue weighted by molar-refractivity contribution is 5.94. The van der Waals surface area contributed by atoms with Crippen LogP contribution in [-0.4, -0.2) is 35.7 Å². The second kappa shape index (κ2) is 12.8. The molecule has 0 bridgehead atoms. The molecule has 0 saturated carbocycles. The van der Waals surface area contributed by atoms with Gasteiger partial charge in [0.2, 0.25) is 5.60 Å². The van der Waals surface area contributed by atoms with Crippen LogP contribution in [0.25, 0.3) is 0 Å². The molecule has 1 atom stereocenters. The first kappa shape index (κ1) is 28.2. The Morgan fingerprint density at radius 2 is 1.38 bits per heavy atom. The summed E-state index contributed by atoms with van der Waals surface area (Å²) in [6.45, 7) is 3.63. The summed E-state index contributed by atoms with van der Waals surface area (Å²) in [7, 11) is 0. The summed E-state index contributed by atoms with van der Waals surface area (Å²) in [5.74, 6) is 0.311. The monoisotopic (exact) mass is 543 g/mol. The summed E-state index contributed by atoms with van der Waals surface area (Å²) in [4.78, 5) is 26.5. The maximum Gasteiger partial charge on any atom is 0.348 e. The number of carbonyl (C=O) groups excluding carboxylic acids is 1. The molecule has 206 valence electrons. The Bertz CT molecular complexity index is 1410. The molecule has 0 radical (unpaired) electrons. The number of nitrogens with zero attached hydrogens (tertiary/aromatic N) is 1. The van der Waals surface area contributed by atoms with Gasteiger partial charge in [-0.1, -0.05) is 30.3 Å². The number of carboxylic acid groups (broad SMARTS) is 1. The van der Waals surface area contributed by atoms with E-state index in [9.17, 15) is 19.1 Å². The molecular formula is C32H30FNO6. The topological polar surface area (TPSA) is 85.3 Å². The van der Waals surface area contributed by atoms with Crippen molar-refractivity contribution >= 4 is 17.6 Å².